The van der Waals surface area contributed by atoms with Crippen LogP contribution in [0, 0.1) is 6.92 Å². The molecule has 35 heavy (non-hydrogen) atoms. The summed E-state index contributed by atoms with van der Waals surface area (Å²) in [5.74, 6) is 0.0865. The van der Waals surface area contributed by atoms with Gasteiger partial charge in [0.2, 0.25) is 0 Å². The number of nitrogens with one attached hydrogen (secondary N) is 1. The molecule has 3 aromatic rings. The van der Waals surface area contributed by atoms with Crippen molar-refractivity contribution >= 4 is 5.95 Å². The van der Waals surface area contributed by atoms with Gasteiger partial charge in [-0.2, -0.15) is 31.1 Å². The highest BCUT2D eigenvalue weighted by Gasteiger charge is 2.37. The number of nitrogens with zero attached hydrogens (tertiary/aromatic N) is 5. The van der Waals surface area contributed by atoms with E-state index in [-0.39, 0.29) is 36.7 Å². The Bertz CT molecular complexity index is 1120. The number of alkyl halides is 6. The number of anilines is 1. The summed E-state index contributed by atoms with van der Waals surface area (Å²) in [7, 11) is 3.34. The molecule has 0 saturated carbocycles. The topological polar surface area (TPSA) is 58.9 Å². The van der Waals surface area contributed by atoms with Crippen LogP contribution in [0.4, 0.5) is 32.3 Å². The molecule has 0 radical (unpaired) electrons. The lowest BCUT2D eigenvalue weighted by Gasteiger charge is -2.26. The average molecular weight is 500 g/mol. The van der Waals surface area contributed by atoms with Crippen LogP contribution in [0.2, 0.25) is 0 Å². The molecule has 1 aromatic heterocycles. The van der Waals surface area contributed by atoms with Crippen molar-refractivity contribution in [2.45, 2.75) is 51.8 Å². The number of hydrogen-bond donors (Lipinski definition) is 1. The fourth-order valence-electron chi connectivity index (χ4n) is 3.93. The molecule has 0 aliphatic carbocycles. The number of hydrogen-bond acceptors (Lipinski definition) is 5. The van der Waals surface area contributed by atoms with Crippen molar-refractivity contribution in [1.29, 1.82) is 0 Å². The number of aromatic nitrogens is 4. The predicted molar refractivity (Wildman–Crippen MR) is 118 cm³/mol. The molecule has 1 unspecified atom stereocenters. The molecule has 6 nitrogen and oxygen atoms in total. The summed E-state index contributed by atoms with van der Waals surface area (Å²) in [5, 5.41) is 15.1. The van der Waals surface area contributed by atoms with Gasteiger partial charge >= 0.3 is 12.4 Å². The van der Waals surface area contributed by atoms with Crippen LogP contribution in [0.3, 0.4) is 0 Å². The zero-order valence-electron chi connectivity index (χ0n) is 19.7. The minimum atomic E-state index is -4.93. The van der Waals surface area contributed by atoms with Crippen molar-refractivity contribution in [2.24, 2.45) is 7.05 Å². The minimum Gasteiger partial charge on any atom is -0.330 e. The lowest BCUT2D eigenvalue weighted by Crippen LogP contribution is -2.26. The van der Waals surface area contributed by atoms with Gasteiger partial charge < -0.3 is 10.2 Å². The number of benzene rings is 2. The van der Waals surface area contributed by atoms with E-state index in [1.54, 1.807) is 0 Å². The van der Waals surface area contributed by atoms with E-state index >= 15 is 0 Å². The highest BCUT2D eigenvalue weighted by Crippen LogP contribution is 2.37. The van der Waals surface area contributed by atoms with Gasteiger partial charge in [-0.1, -0.05) is 35.8 Å². The maximum atomic E-state index is 13.4. The third kappa shape index (κ3) is 6.50. The van der Waals surface area contributed by atoms with Crippen molar-refractivity contribution in [3.63, 3.8) is 0 Å². The number of tetrazole rings is 1. The molecule has 0 spiro atoms. The maximum Gasteiger partial charge on any atom is 0.416 e. The van der Waals surface area contributed by atoms with Gasteiger partial charge in [0.25, 0.3) is 5.95 Å². The molecule has 190 valence electrons. The summed E-state index contributed by atoms with van der Waals surface area (Å²) >= 11 is 0. The summed E-state index contributed by atoms with van der Waals surface area (Å²) in [5.41, 5.74) is -0.135. The largest absolute Gasteiger partial charge is 0.416 e. The van der Waals surface area contributed by atoms with E-state index in [4.69, 9.17) is 0 Å². The molecule has 1 N–H and O–H groups in total. The molecule has 0 fully saturated rings. The second kappa shape index (κ2) is 10.2. The van der Waals surface area contributed by atoms with Gasteiger partial charge in [-0.3, -0.25) is 0 Å². The highest BCUT2D eigenvalue weighted by atomic mass is 19.4. The summed E-state index contributed by atoms with van der Waals surface area (Å²) < 4.78 is 80.3. The SMILES string of the molecule is CCC(NC)c1ccc(C)cc1CN(Cc1cc(C(F)(F)F)cc(C(F)(F)F)c1)c1nnn(C)n1. The van der Waals surface area contributed by atoms with Crippen LogP contribution in [0.25, 0.3) is 0 Å². The Hall–Kier alpha value is -3.15. The Morgan fingerprint density at radius 3 is 2.09 bits per heavy atom. The van der Waals surface area contributed by atoms with Crippen LogP contribution in [-0.2, 0) is 32.5 Å². The molecule has 0 aliphatic rings. The van der Waals surface area contributed by atoms with Crippen molar-refractivity contribution in [3.05, 3.63) is 69.8 Å². The summed E-state index contributed by atoms with van der Waals surface area (Å²) in [6.45, 7) is 3.77. The molecule has 1 atom stereocenters. The molecule has 0 amide bonds. The van der Waals surface area contributed by atoms with Crippen LogP contribution in [0.1, 0.15) is 52.8 Å². The quantitative estimate of drug-likeness (QED) is 0.418. The molecular weight excluding hydrogens is 474 g/mol. The Kier molecular flexibility index (Phi) is 7.73. The standard InChI is InChI=1S/C23H26F6N6/c1-5-20(30-3)19-7-6-14(2)8-16(19)13-35(21-31-33-34(4)32-21)12-15-9-17(22(24,25)26)11-18(10-15)23(27,28)29/h6-11,20,30H,5,12-13H2,1-4H3. The molecular formula is C23H26F6N6. The van der Waals surface area contributed by atoms with Crippen molar-refractivity contribution in [3.8, 4) is 0 Å². The van der Waals surface area contributed by atoms with E-state index in [0.717, 1.165) is 35.2 Å². The smallest absolute Gasteiger partial charge is 0.330 e. The molecule has 0 bridgehead atoms. The Morgan fingerprint density at radius 1 is 0.971 bits per heavy atom. The van der Waals surface area contributed by atoms with Gasteiger partial charge in [-0.25, -0.2) is 0 Å². The normalized spacial score (nSPS) is 13.2. The maximum absolute atomic E-state index is 13.4. The Labute approximate surface area is 198 Å². The second-order valence-electron chi connectivity index (χ2n) is 8.30. The van der Waals surface area contributed by atoms with Gasteiger partial charge in [0.05, 0.1) is 18.2 Å². The molecule has 0 saturated heterocycles. The second-order valence-corrected chi connectivity index (χ2v) is 8.30. The van der Waals surface area contributed by atoms with E-state index in [0.29, 0.717) is 0 Å². The molecule has 1 heterocycles. The fourth-order valence-corrected chi connectivity index (χ4v) is 3.93. The molecule has 0 aliphatic heterocycles. The number of aryl methyl sites for hydroxylation is 2. The first kappa shape index (κ1) is 26.5. The van der Waals surface area contributed by atoms with Crippen LogP contribution >= 0.6 is 0 Å². The first-order valence-electron chi connectivity index (χ1n) is 10.9. The zero-order chi connectivity index (χ0) is 26.0. The van der Waals surface area contributed by atoms with Gasteiger partial charge in [0, 0.05) is 19.1 Å². The first-order chi connectivity index (χ1) is 16.3. The van der Waals surface area contributed by atoms with Crippen LogP contribution in [0.15, 0.2) is 36.4 Å². The van der Waals surface area contributed by atoms with Gasteiger partial charge in [0.1, 0.15) is 0 Å². The monoisotopic (exact) mass is 500 g/mol. The lowest BCUT2D eigenvalue weighted by atomic mass is 9.96. The van der Waals surface area contributed by atoms with Crippen LogP contribution in [0.5, 0.6) is 0 Å². The minimum absolute atomic E-state index is 0.00709. The lowest BCUT2D eigenvalue weighted by molar-refractivity contribution is -0.143. The van der Waals surface area contributed by atoms with Gasteiger partial charge in [-0.05, 0) is 60.5 Å². The van der Waals surface area contributed by atoms with E-state index in [9.17, 15) is 26.3 Å². The molecule has 3 rings (SSSR count). The summed E-state index contributed by atoms with van der Waals surface area (Å²) in [4.78, 5) is 2.69. The Morgan fingerprint density at radius 2 is 1.60 bits per heavy atom. The van der Waals surface area contributed by atoms with Crippen molar-refractivity contribution in [2.75, 3.05) is 11.9 Å². The summed E-state index contributed by atoms with van der Waals surface area (Å²) in [6, 6.07) is 7.41. The zero-order valence-corrected chi connectivity index (χ0v) is 19.7. The van der Waals surface area contributed by atoms with Crippen LogP contribution in [-0.4, -0.2) is 27.3 Å². The fraction of sp³-hybridized carbons (Fsp3) is 0.435. The third-order valence-corrected chi connectivity index (χ3v) is 5.59. The van der Waals surface area contributed by atoms with E-state index in [1.807, 2.05) is 39.1 Å². The molecule has 2 aromatic carbocycles. The van der Waals surface area contributed by atoms with E-state index in [1.165, 1.54) is 16.7 Å². The van der Waals surface area contributed by atoms with Gasteiger partial charge in [0.15, 0.2) is 0 Å². The number of rotatable bonds is 8. The van der Waals surface area contributed by atoms with Crippen molar-refractivity contribution < 1.29 is 26.3 Å². The first-order valence-corrected chi connectivity index (χ1v) is 10.9. The van der Waals surface area contributed by atoms with E-state index < -0.39 is 23.5 Å². The van der Waals surface area contributed by atoms with Crippen LogP contribution < -0.4 is 10.2 Å². The van der Waals surface area contributed by atoms with Gasteiger partial charge in [-0.15, -0.1) is 5.10 Å². The Balaban J connectivity index is 2.08. The predicted octanol–water partition coefficient (Wildman–Crippen LogP) is 5.43. The van der Waals surface area contributed by atoms with E-state index in [2.05, 4.69) is 20.7 Å². The molecule has 12 heteroatoms. The van der Waals surface area contributed by atoms with Crippen molar-refractivity contribution in [1.82, 2.24) is 25.5 Å². The third-order valence-electron chi connectivity index (χ3n) is 5.59. The average Bonchev–Trinajstić information content (AvgIpc) is 3.20. The highest BCUT2D eigenvalue weighted by molar-refractivity contribution is 5.41. The summed E-state index contributed by atoms with van der Waals surface area (Å²) in [6.07, 6.45) is -9.09. The number of halogens is 6.